The maximum absolute atomic E-state index is 12.8. The van der Waals surface area contributed by atoms with E-state index in [0.717, 1.165) is 36.9 Å². The quantitative estimate of drug-likeness (QED) is 0.440. The number of carbonyl (C=O) groups excluding carboxylic acids is 1. The molecule has 10 heteroatoms. The fourth-order valence-electron chi connectivity index (χ4n) is 3.82. The van der Waals surface area contributed by atoms with E-state index in [9.17, 15) is 14.9 Å². The van der Waals surface area contributed by atoms with Gasteiger partial charge in [-0.3, -0.25) is 14.9 Å². The fourth-order valence-corrected chi connectivity index (χ4v) is 4.64. The van der Waals surface area contributed by atoms with E-state index in [1.54, 1.807) is 17.0 Å². The van der Waals surface area contributed by atoms with Gasteiger partial charge >= 0.3 is 0 Å². The number of nitro groups is 1. The summed E-state index contributed by atoms with van der Waals surface area (Å²) in [4.78, 5) is 25.1. The molecule has 1 aliphatic heterocycles. The number of aryl methyl sites for hydroxylation is 1. The number of thioether (sulfide) groups is 1. The van der Waals surface area contributed by atoms with Crippen LogP contribution in [0, 0.1) is 10.1 Å². The second-order valence-corrected chi connectivity index (χ2v) is 7.79. The van der Waals surface area contributed by atoms with Crippen LogP contribution in [0.3, 0.4) is 0 Å². The van der Waals surface area contributed by atoms with Crippen molar-refractivity contribution in [3.05, 3.63) is 33.9 Å². The maximum Gasteiger partial charge on any atom is 0.269 e. The van der Waals surface area contributed by atoms with Crippen LogP contribution in [0.2, 0.25) is 0 Å². The number of fused-ring (bicyclic) bond motifs is 1. The largest absolute Gasteiger partial charge is 0.311 e. The molecular formula is C17H20N6O3S. The molecule has 1 aliphatic carbocycles. The average molecular weight is 388 g/mol. The molecule has 1 saturated carbocycles. The molecule has 4 rings (SSSR count). The van der Waals surface area contributed by atoms with E-state index in [1.165, 1.54) is 30.7 Å². The minimum absolute atomic E-state index is 0.0317. The highest BCUT2D eigenvalue weighted by Crippen LogP contribution is 2.33. The lowest BCUT2D eigenvalue weighted by atomic mass is 10.0. The minimum Gasteiger partial charge on any atom is -0.311 e. The van der Waals surface area contributed by atoms with Crippen molar-refractivity contribution < 1.29 is 9.72 Å². The summed E-state index contributed by atoms with van der Waals surface area (Å²) in [6.07, 6.45) is 6.06. The topological polar surface area (TPSA) is 107 Å². The van der Waals surface area contributed by atoms with Crippen molar-refractivity contribution in [2.45, 2.75) is 49.7 Å². The monoisotopic (exact) mass is 388 g/mol. The Hall–Kier alpha value is -2.49. The molecule has 0 bridgehead atoms. The van der Waals surface area contributed by atoms with Crippen LogP contribution < -0.4 is 4.90 Å². The molecule has 0 N–H and O–H groups in total. The number of hydrogen-bond donors (Lipinski definition) is 0. The predicted octanol–water partition coefficient (Wildman–Crippen LogP) is 2.77. The Labute approximate surface area is 160 Å². The van der Waals surface area contributed by atoms with Gasteiger partial charge in [0.25, 0.3) is 5.69 Å². The predicted molar refractivity (Wildman–Crippen MR) is 99.8 cm³/mol. The first kappa shape index (κ1) is 17.9. The van der Waals surface area contributed by atoms with E-state index in [0.29, 0.717) is 17.7 Å². The fraction of sp³-hybridized carbons (Fsp3) is 0.529. The number of benzene rings is 1. The van der Waals surface area contributed by atoms with Crippen molar-refractivity contribution in [1.82, 2.24) is 20.2 Å². The molecule has 2 heterocycles. The first-order valence-corrected chi connectivity index (χ1v) is 10.1. The third-order valence-corrected chi connectivity index (χ3v) is 6.07. The number of non-ortho nitro benzene ring substituents is 1. The lowest BCUT2D eigenvalue weighted by Crippen LogP contribution is -2.36. The molecule has 1 aromatic heterocycles. The van der Waals surface area contributed by atoms with E-state index in [1.807, 2.05) is 4.68 Å². The van der Waals surface area contributed by atoms with Crippen LogP contribution >= 0.6 is 11.8 Å². The molecule has 2 aromatic rings. The third-order valence-electron chi connectivity index (χ3n) is 5.15. The smallest absolute Gasteiger partial charge is 0.269 e. The summed E-state index contributed by atoms with van der Waals surface area (Å²) in [7, 11) is 0. The van der Waals surface area contributed by atoms with E-state index in [-0.39, 0.29) is 17.3 Å². The van der Waals surface area contributed by atoms with Gasteiger partial charge in [0.2, 0.25) is 11.1 Å². The van der Waals surface area contributed by atoms with Gasteiger partial charge in [-0.25, -0.2) is 4.68 Å². The Balaban J connectivity index is 1.46. The van der Waals surface area contributed by atoms with Crippen LogP contribution in [-0.2, 0) is 11.2 Å². The van der Waals surface area contributed by atoms with Crippen LogP contribution in [0.25, 0.3) is 0 Å². The maximum atomic E-state index is 12.8. The average Bonchev–Trinajstić information content (AvgIpc) is 3.36. The van der Waals surface area contributed by atoms with Crippen LogP contribution in [0.1, 0.15) is 43.7 Å². The van der Waals surface area contributed by atoms with E-state index >= 15 is 0 Å². The zero-order chi connectivity index (χ0) is 18.8. The highest BCUT2D eigenvalue weighted by molar-refractivity contribution is 7.99. The summed E-state index contributed by atoms with van der Waals surface area (Å²) < 4.78 is 1.85. The lowest BCUT2D eigenvalue weighted by Gasteiger charge is -2.29. The van der Waals surface area contributed by atoms with Gasteiger partial charge in [-0.05, 0) is 47.7 Å². The lowest BCUT2D eigenvalue weighted by molar-refractivity contribution is -0.384. The van der Waals surface area contributed by atoms with Gasteiger partial charge in [0, 0.05) is 24.4 Å². The molecule has 9 nitrogen and oxygen atoms in total. The third kappa shape index (κ3) is 3.66. The number of amides is 1. The molecule has 1 fully saturated rings. The number of hydrogen-bond acceptors (Lipinski definition) is 7. The van der Waals surface area contributed by atoms with Gasteiger partial charge in [0.1, 0.15) is 0 Å². The molecular weight excluding hydrogens is 368 g/mol. The van der Waals surface area contributed by atoms with Gasteiger partial charge in [0.05, 0.1) is 16.7 Å². The number of nitrogens with zero attached hydrogens (tertiary/aromatic N) is 6. The summed E-state index contributed by atoms with van der Waals surface area (Å²) in [6, 6.07) is 5.03. The Morgan fingerprint density at radius 3 is 2.89 bits per heavy atom. The molecule has 27 heavy (non-hydrogen) atoms. The van der Waals surface area contributed by atoms with Gasteiger partial charge in [0.15, 0.2) is 0 Å². The van der Waals surface area contributed by atoms with Crippen molar-refractivity contribution in [2.24, 2.45) is 0 Å². The zero-order valence-corrected chi connectivity index (χ0v) is 15.6. The molecule has 0 unspecified atom stereocenters. The van der Waals surface area contributed by atoms with E-state index in [4.69, 9.17) is 0 Å². The number of nitro benzene ring substituents is 1. The Morgan fingerprint density at radius 1 is 1.30 bits per heavy atom. The van der Waals surface area contributed by atoms with E-state index in [2.05, 4.69) is 15.5 Å². The number of anilines is 1. The highest BCUT2D eigenvalue weighted by Gasteiger charge is 2.26. The second kappa shape index (κ2) is 7.63. The summed E-state index contributed by atoms with van der Waals surface area (Å²) in [5.41, 5.74) is 1.69. The molecule has 142 valence electrons. The number of aromatic nitrogens is 4. The van der Waals surface area contributed by atoms with Crippen molar-refractivity contribution >= 4 is 29.0 Å². The zero-order valence-electron chi connectivity index (χ0n) is 14.8. The molecule has 1 aromatic carbocycles. The van der Waals surface area contributed by atoms with Crippen LogP contribution in [0.15, 0.2) is 23.4 Å². The highest BCUT2D eigenvalue weighted by atomic mass is 32.2. The Morgan fingerprint density at radius 2 is 2.11 bits per heavy atom. The SMILES string of the molecule is O=C(CSc1nnnn1C1CCCC1)N1CCCc2cc([N+](=O)[O-])ccc21. The van der Waals surface area contributed by atoms with Crippen molar-refractivity contribution in [2.75, 3.05) is 17.2 Å². The van der Waals surface area contributed by atoms with Crippen molar-refractivity contribution in [3.63, 3.8) is 0 Å². The Kier molecular flexibility index (Phi) is 5.06. The molecule has 0 spiro atoms. The standard InChI is InChI=1S/C17H20N6O3S/c24-16(11-27-17-18-19-20-22(17)13-5-1-2-6-13)21-9-3-4-12-10-14(23(25)26)7-8-15(12)21/h7-8,10,13H,1-6,9,11H2. The summed E-state index contributed by atoms with van der Waals surface area (Å²) in [5.74, 6) is 0.208. The summed E-state index contributed by atoms with van der Waals surface area (Å²) >= 11 is 1.35. The van der Waals surface area contributed by atoms with Crippen molar-refractivity contribution in [1.29, 1.82) is 0 Å². The van der Waals surface area contributed by atoms with E-state index < -0.39 is 4.92 Å². The van der Waals surface area contributed by atoms with Gasteiger partial charge < -0.3 is 4.90 Å². The van der Waals surface area contributed by atoms with Crippen LogP contribution in [0.4, 0.5) is 11.4 Å². The molecule has 0 atom stereocenters. The van der Waals surface area contributed by atoms with Gasteiger partial charge in [-0.15, -0.1) is 5.10 Å². The molecule has 2 aliphatic rings. The van der Waals surface area contributed by atoms with Gasteiger partial charge in [-0.2, -0.15) is 0 Å². The van der Waals surface area contributed by atoms with Crippen molar-refractivity contribution in [3.8, 4) is 0 Å². The minimum atomic E-state index is -0.403. The number of rotatable bonds is 5. The summed E-state index contributed by atoms with van der Waals surface area (Å²) in [5, 5.41) is 23.6. The Bertz CT molecular complexity index is 864. The molecule has 0 saturated heterocycles. The first-order valence-electron chi connectivity index (χ1n) is 9.12. The van der Waals surface area contributed by atoms with Crippen LogP contribution in [0.5, 0.6) is 0 Å². The van der Waals surface area contributed by atoms with Crippen LogP contribution in [-0.4, -0.2) is 43.3 Å². The number of tetrazole rings is 1. The normalized spacial score (nSPS) is 17.1. The second-order valence-electron chi connectivity index (χ2n) is 6.85. The molecule has 0 radical (unpaired) electrons. The molecule has 1 amide bonds. The van der Waals surface area contributed by atoms with Gasteiger partial charge in [-0.1, -0.05) is 24.6 Å². The number of carbonyl (C=O) groups is 1. The summed E-state index contributed by atoms with van der Waals surface area (Å²) in [6.45, 7) is 0.623. The first-order chi connectivity index (χ1) is 13.1.